The fourth-order valence-electron chi connectivity index (χ4n) is 1.43. The number of amides is 1. The van der Waals surface area contributed by atoms with Gasteiger partial charge in [-0.3, -0.25) is 4.79 Å². The van der Waals surface area contributed by atoms with Gasteiger partial charge < -0.3 is 15.0 Å². The summed E-state index contributed by atoms with van der Waals surface area (Å²) in [5.74, 6) is -0.471. The lowest BCUT2D eigenvalue weighted by molar-refractivity contribution is -0.153. The predicted octanol–water partition coefficient (Wildman–Crippen LogP) is 0.284. The Morgan fingerprint density at radius 1 is 1.38 bits per heavy atom. The minimum absolute atomic E-state index is 0. The first-order chi connectivity index (χ1) is 6.95. The molecule has 0 bridgehead atoms. The van der Waals surface area contributed by atoms with Crippen molar-refractivity contribution in [3.63, 3.8) is 0 Å². The summed E-state index contributed by atoms with van der Waals surface area (Å²) in [4.78, 5) is 24.5. The van der Waals surface area contributed by atoms with Crippen molar-refractivity contribution in [3.8, 4) is 0 Å². The van der Waals surface area contributed by atoms with E-state index >= 15 is 0 Å². The van der Waals surface area contributed by atoms with Crippen molar-refractivity contribution in [3.05, 3.63) is 0 Å². The third kappa shape index (κ3) is 4.81. The minimum atomic E-state index is -0.518. The first-order valence-electron chi connectivity index (χ1n) is 4.93. The topological polar surface area (TPSA) is 58.6 Å². The Balaban J connectivity index is 0. The molecular formula is C10H21ClN2O3. The Morgan fingerprint density at radius 2 is 1.88 bits per heavy atom. The smallest absolute Gasteiger partial charge is 0.328 e. The Labute approximate surface area is 103 Å². The number of carbonyl (C=O) groups is 2. The normalized spacial score (nSPS) is 11.6. The highest BCUT2D eigenvalue weighted by molar-refractivity contribution is 5.85. The number of ether oxygens (including phenoxy) is 1. The molecule has 0 saturated heterocycles. The molecule has 1 amide bonds. The summed E-state index contributed by atoms with van der Waals surface area (Å²) in [6.45, 7) is 3.98. The van der Waals surface area contributed by atoms with Gasteiger partial charge in [0.2, 0.25) is 5.91 Å². The van der Waals surface area contributed by atoms with E-state index in [2.05, 4.69) is 10.1 Å². The summed E-state index contributed by atoms with van der Waals surface area (Å²) >= 11 is 0. The van der Waals surface area contributed by atoms with Gasteiger partial charge in [0.05, 0.1) is 13.7 Å². The molecule has 1 N–H and O–H groups in total. The zero-order valence-electron chi connectivity index (χ0n) is 10.4. The molecule has 0 aliphatic carbocycles. The number of esters is 1. The second kappa shape index (κ2) is 8.35. The molecule has 0 aliphatic rings. The number of likely N-dealkylation sites (N-methyl/N-ethyl adjacent to an activating group) is 2. The van der Waals surface area contributed by atoms with Gasteiger partial charge in [0.15, 0.2) is 0 Å². The van der Waals surface area contributed by atoms with Crippen molar-refractivity contribution in [2.45, 2.75) is 19.9 Å². The highest BCUT2D eigenvalue weighted by atomic mass is 35.5. The van der Waals surface area contributed by atoms with E-state index in [-0.39, 0.29) is 36.7 Å². The van der Waals surface area contributed by atoms with Gasteiger partial charge in [-0.1, -0.05) is 13.8 Å². The Bertz CT molecular complexity index is 234. The molecule has 1 atom stereocenters. The molecule has 0 aromatic rings. The first kappa shape index (κ1) is 17.6. The van der Waals surface area contributed by atoms with Crippen LogP contribution in [-0.2, 0) is 14.3 Å². The third-order valence-electron chi connectivity index (χ3n) is 2.21. The van der Waals surface area contributed by atoms with Crippen molar-refractivity contribution >= 4 is 24.3 Å². The maximum atomic E-state index is 11.6. The van der Waals surface area contributed by atoms with Gasteiger partial charge in [-0.15, -0.1) is 12.4 Å². The molecule has 0 aromatic heterocycles. The van der Waals surface area contributed by atoms with E-state index in [1.807, 2.05) is 13.8 Å². The molecule has 0 heterocycles. The van der Waals surface area contributed by atoms with Crippen LogP contribution in [0.25, 0.3) is 0 Å². The first-order valence-corrected chi connectivity index (χ1v) is 4.93. The van der Waals surface area contributed by atoms with Crippen LogP contribution in [0.2, 0.25) is 0 Å². The van der Waals surface area contributed by atoms with Gasteiger partial charge in [-0.05, 0) is 13.0 Å². The van der Waals surface area contributed by atoms with Gasteiger partial charge in [0.25, 0.3) is 0 Å². The van der Waals surface area contributed by atoms with E-state index in [0.29, 0.717) is 0 Å². The molecule has 0 aromatic carbocycles. The van der Waals surface area contributed by atoms with Crippen LogP contribution in [0.4, 0.5) is 0 Å². The van der Waals surface area contributed by atoms with Gasteiger partial charge >= 0.3 is 5.97 Å². The highest BCUT2D eigenvalue weighted by Crippen LogP contribution is 2.10. The number of nitrogens with one attached hydrogen (secondary N) is 1. The molecule has 0 rings (SSSR count). The number of hydrogen-bond acceptors (Lipinski definition) is 4. The summed E-state index contributed by atoms with van der Waals surface area (Å²) in [5, 5.41) is 2.76. The average molecular weight is 253 g/mol. The average Bonchev–Trinajstić information content (AvgIpc) is 2.17. The minimum Gasteiger partial charge on any atom is -0.467 e. The number of nitrogens with zero attached hydrogens (tertiary/aromatic N) is 1. The number of methoxy groups -OCH3 is 1. The third-order valence-corrected chi connectivity index (χ3v) is 2.21. The summed E-state index contributed by atoms with van der Waals surface area (Å²) in [5.41, 5.74) is 0. The van der Waals surface area contributed by atoms with Crippen molar-refractivity contribution in [1.29, 1.82) is 0 Å². The van der Waals surface area contributed by atoms with Crippen LogP contribution in [0.15, 0.2) is 0 Å². The fraction of sp³-hybridized carbons (Fsp3) is 0.800. The lowest BCUT2D eigenvalue weighted by atomic mass is 10.0. The van der Waals surface area contributed by atoms with E-state index < -0.39 is 6.04 Å². The number of rotatable bonds is 5. The Morgan fingerprint density at radius 3 is 2.19 bits per heavy atom. The van der Waals surface area contributed by atoms with Gasteiger partial charge in [-0.25, -0.2) is 4.79 Å². The lowest BCUT2D eigenvalue weighted by Gasteiger charge is -2.28. The van der Waals surface area contributed by atoms with Gasteiger partial charge in [-0.2, -0.15) is 0 Å². The molecule has 0 aliphatic heterocycles. The van der Waals surface area contributed by atoms with E-state index in [4.69, 9.17) is 0 Å². The van der Waals surface area contributed by atoms with Crippen LogP contribution < -0.4 is 5.32 Å². The summed E-state index contributed by atoms with van der Waals surface area (Å²) < 4.78 is 4.67. The molecule has 5 nitrogen and oxygen atoms in total. The van der Waals surface area contributed by atoms with E-state index in [9.17, 15) is 9.59 Å². The van der Waals surface area contributed by atoms with Crippen LogP contribution in [0.1, 0.15) is 13.8 Å². The van der Waals surface area contributed by atoms with E-state index in [1.165, 1.54) is 12.0 Å². The zero-order chi connectivity index (χ0) is 12.0. The molecule has 6 heteroatoms. The van der Waals surface area contributed by atoms with Crippen LogP contribution in [0, 0.1) is 5.92 Å². The molecule has 0 radical (unpaired) electrons. The van der Waals surface area contributed by atoms with Gasteiger partial charge in [0, 0.05) is 7.05 Å². The highest BCUT2D eigenvalue weighted by Gasteiger charge is 2.29. The van der Waals surface area contributed by atoms with Gasteiger partial charge in [0.1, 0.15) is 6.04 Å². The SMILES string of the molecule is CNCC(=O)N(C)C(C(=O)OC)C(C)C.Cl. The molecule has 1 unspecified atom stereocenters. The summed E-state index contributed by atoms with van der Waals surface area (Å²) in [6.07, 6.45) is 0. The van der Waals surface area contributed by atoms with Crippen LogP contribution in [0.3, 0.4) is 0 Å². The zero-order valence-corrected chi connectivity index (χ0v) is 11.3. The number of hydrogen-bond donors (Lipinski definition) is 1. The number of halogens is 1. The maximum absolute atomic E-state index is 11.6. The lowest BCUT2D eigenvalue weighted by Crippen LogP contribution is -2.48. The molecule has 0 spiro atoms. The summed E-state index contributed by atoms with van der Waals surface area (Å²) in [7, 11) is 4.63. The quantitative estimate of drug-likeness (QED) is 0.715. The monoisotopic (exact) mass is 252 g/mol. The summed E-state index contributed by atoms with van der Waals surface area (Å²) in [6, 6.07) is -0.518. The molecular weight excluding hydrogens is 232 g/mol. The van der Waals surface area contributed by atoms with Crippen LogP contribution in [0.5, 0.6) is 0 Å². The second-order valence-corrected chi connectivity index (χ2v) is 3.75. The standard InChI is InChI=1S/C10H20N2O3.ClH/c1-7(2)9(10(14)15-5)12(4)8(13)6-11-3;/h7,9,11H,6H2,1-5H3;1H. The fourth-order valence-corrected chi connectivity index (χ4v) is 1.43. The largest absolute Gasteiger partial charge is 0.467 e. The van der Waals surface area contributed by atoms with E-state index in [0.717, 1.165) is 0 Å². The van der Waals surface area contributed by atoms with Crippen molar-refractivity contribution in [2.75, 3.05) is 27.7 Å². The number of carbonyl (C=O) groups excluding carboxylic acids is 2. The molecule has 0 fully saturated rings. The Kier molecular flexibility index (Phi) is 9.18. The Hall–Kier alpha value is -0.810. The second-order valence-electron chi connectivity index (χ2n) is 3.75. The molecule has 96 valence electrons. The van der Waals surface area contributed by atoms with Crippen LogP contribution >= 0.6 is 12.4 Å². The maximum Gasteiger partial charge on any atom is 0.328 e. The molecule has 16 heavy (non-hydrogen) atoms. The molecule has 0 saturated carbocycles. The van der Waals surface area contributed by atoms with Crippen molar-refractivity contribution in [2.24, 2.45) is 5.92 Å². The van der Waals surface area contributed by atoms with E-state index in [1.54, 1.807) is 14.1 Å². The van der Waals surface area contributed by atoms with Crippen molar-refractivity contribution < 1.29 is 14.3 Å². The van der Waals surface area contributed by atoms with Crippen molar-refractivity contribution in [1.82, 2.24) is 10.2 Å². The predicted molar refractivity (Wildman–Crippen MR) is 64.6 cm³/mol. The van der Waals surface area contributed by atoms with Crippen LogP contribution in [-0.4, -0.2) is 50.6 Å².